The molecule has 0 bridgehead atoms. The van der Waals surface area contributed by atoms with Gasteiger partial charge in [-0.1, -0.05) is 11.6 Å². The van der Waals surface area contributed by atoms with Gasteiger partial charge in [-0.05, 0) is 30.7 Å². The van der Waals surface area contributed by atoms with Crippen molar-refractivity contribution in [2.75, 3.05) is 0 Å². The van der Waals surface area contributed by atoms with Gasteiger partial charge in [-0.15, -0.1) is 0 Å². The maximum Gasteiger partial charge on any atom is 0.123 e. The number of benzene rings is 1. The Bertz CT molecular complexity index is 537. The van der Waals surface area contributed by atoms with Crippen LogP contribution in [0.2, 0.25) is 5.02 Å². The van der Waals surface area contributed by atoms with Crippen molar-refractivity contribution in [3.63, 3.8) is 0 Å². The van der Waals surface area contributed by atoms with Crippen molar-refractivity contribution in [1.29, 1.82) is 0 Å². The molecular weight excluding hydrogens is 241 g/mol. The molecule has 1 aromatic heterocycles. The number of nitrogens with two attached hydrogens (primary N) is 1. The quantitative estimate of drug-likeness (QED) is 0.913. The Morgan fingerprint density at radius 3 is 2.94 bits per heavy atom. The summed E-state index contributed by atoms with van der Waals surface area (Å²) in [6.45, 7) is 2.76. The van der Waals surface area contributed by atoms with Gasteiger partial charge in [0.2, 0.25) is 0 Å². The molecule has 2 aromatic rings. The number of hydrogen-bond donors (Lipinski definition) is 1. The van der Waals surface area contributed by atoms with Crippen LogP contribution in [-0.2, 0) is 13.1 Å². The van der Waals surface area contributed by atoms with Crippen molar-refractivity contribution >= 4 is 11.6 Å². The van der Waals surface area contributed by atoms with Crippen LogP contribution in [0.4, 0.5) is 4.39 Å². The third-order valence-electron chi connectivity index (χ3n) is 2.68. The Morgan fingerprint density at radius 2 is 2.24 bits per heavy atom. The second-order valence-corrected chi connectivity index (χ2v) is 4.23. The first kappa shape index (κ1) is 12.1. The third-order valence-corrected chi connectivity index (χ3v) is 3.05. The summed E-state index contributed by atoms with van der Waals surface area (Å²) < 4.78 is 15.1. The molecular formula is C12H13ClFN3. The number of halogens is 2. The first-order valence-corrected chi connectivity index (χ1v) is 5.64. The highest BCUT2D eigenvalue weighted by atomic mass is 35.5. The number of imidazole rings is 1. The van der Waals surface area contributed by atoms with E-state index in [9.17, 15) is 4.39 Å². The van der Waals surface area contributed by atoms with Crippen molar-refractivity contribution in [2.24, 2.45) is 5.73 Å². The van der Waals surface area contributed by atoms with E-state index in [4.69, 9.17) is 17.3 Å². The molecule has 3 nitrogen and oxygen atoms in total. The molecule has 0 aliphatic carbocycles. The molecule has 1 heterocycles. The number of aromatic nitrogens is 2. The predicted octanol–water partition coefficient (Wildman–Crippen LogP) is 2.49. The van der Waals surface area contributed by atoms with Crippen LogP contribution in [0.25, 0.3) is 0 Å². The van der Waals surface area contributed by atoms with E-state index >= 15 is 0 Å². The zero-order valence-electron chi connectivity index (χ0n) is 9.45. The molecule has 2 N–H and O–H groups in total. The van der Waals surface area contributed by atoms with E-state index < -0.39 is 0 Å². The van der Waals surface area contributed by atoms with Gasteiger partial charge >= 0.3 is 0 Å². The maximum absolute atomic E-state index is 13.2. The largest absolute Gasteiger partial charge is 0.327 e. The van der Waals surface area contributed by atoms with Crippen LogP contribution in [0.15, 0.2) is 24.4 Å². The molecule has 0 atom stereocenters. The second-order valence-electron chi connectivity index (χ2n) is 3.82. The number of nitrogens with zero attached hydrogens (tertiary/aromatic N) is 2. The Kier molecular flexibility index (Phi) is 3.45. The van der Waals surface area contributed by atoms with Crippen molar-refractivity contribution in [3.8, 4) is 0 Å². The fourth-order valence-electron chi connectivity index (χ4n) is 1.73. The highest BCUT2D eigenvalue weighted by Crippen LogP contribution is 2.19. The fraction of sp³-hybridized carbons (Fsp3) is 0.250. The van der Waals surface area contributed by atoms with Crippen LogP contribution in [0.5, 0.6) is 0 Å². The van der Waals surface area contributed by atoms with Gasteiger partial charge in [0.25, 0.3) is 0 Å². The second kappa shape index (κ2) is 4.85. The SMILES string of the molecule is Cc1ncc(CN)n1Cc1cc(F)ccc1Cl. The molecule has 17 heavy (non-hydrogen) atoms. The molecule has 0 radical (unpaired) electrons. The Hall–Kier alpha value is -1.39. The van der Waals surface area contributed by atoms with Gasteiger partial charge in [-0.25, -0.2) is 9.37 Å². The predicted molar refractivity (Wildman–Crippen MR) is 65.4 cm³/mol. The van der Waals surface area contributed by atoms with E-state index in [2.05, 4.69) is 4.98 Å². The van der Waals surface area contributed by atoms with Gasteiger partial charge in [-0.3, -0.25) is 0 Å². The maximum atomic E-state index is 13.2. The molecule has 0 saturated carbocycles. The van der Waals surface area contributed by atoms with Crippen LogP contribution >= 0.6 is 11.6 Å². The molecule has 2 rings (SSSR count). The Labute approximate surface area is 104 Å². The van der Waals surface area contributed by atoms with Crippen molar-refractivity contribution in [1.82, 2.24) is 9.55 Å². The van der Waals surface area contributed by atoms with E-state index in [0.29, 0.717) is 18.1 Å². The van der Waals surface area contributed by atoms with Gasteiger partial charge in [0, 0.05) is 17.8 Å². The normalized spacial score (nSPS) is 10.8. The highest BCUT2D eigenvalue weighted by molar-refractivity contribution is 6.31. The van der Waals surface area contributed by atoms with Crippen LogP contribution in [0.3, 0.4) is 0 Å². The van der Waals surface area contributed by atoms with Crippen LogP contribution in [0.1, 0.15) is 17.1 Å². The fourth-order valence-corrected chi connectivity index (χ4v) is 1.91. The summed E-state index contributed by atoms with van der Waals surface area (Å²) in [5, 5.41) is 0.544. The molecule has 0 aliphatic heterocycles. The lowest BCUT2D eigenvalue weighted by atomic mass is 10.2. The van der Waals surface area contributed by atoms with Gasteiger partial charge in [-0.2, -0.15) is 0 Å². The highest BCUT2D eigenvalue weighted by Gasteiger charge is 2.08. The van der Waals surface area contributed by atoms with E-state index in [0.717, 1.165) is 17.1 Å². The van der Waals surface area contributed by atoms with Crippen molar-refractivity contribution < 1.29 is 4.39 Å². The standard InChI is InChI=1S/C12H13ClFN3/c1-8-16-6-11(5-15)17(8)7-9-4-10(14)2-3-12(9)13/h2-4,6H,5,7,15H2,1H3. The topological polar surface area (TPSA) is 43.8 Å². The zero-order valence-corrected chi connectivity index (χ0v) is 10.2. The van der Waals surface area contributed by atoms with E-state index in [1.54, 1.807) is 12.3 Å². The molecule has 0 amide bonds. The molecule has 5 heteroatoms. The average Bonchev–Trinajstić information content (AvgIpc) is 2.65. The van der Waals surface area contributed by atoms with Gasteiger partial charge < -0.3 is 10.3 Å². The first-order valence-electron chi connectivity index (χ1n) is 5.27. The molecule has 0 unspecified atom stereocenters. The van der Waals surface area contributed by atoms with Crippen molar-refractivity contribution in [3.05, 3.63) is 52.3 Å². The summed E-state index contributed by atoms with van der Waals surface area (Å²) in [7, 11) is 0. The molecule has 0 saturated heterocycles. The van der Waals surface area contributed by atoms with Gasteiger partial charge in [0.15, 0.2) is 0 Å². The van der Waals surface area contributed by atoms with Gasteiger partial charge in [0.05, 0.1) is 12.2 Å². The summed E-state index contributed by atoms with van der Waals surface area (Å²) in [6, 6.07) is 4.33. The molecule has 1 aromatic carbocycles. The summed E-state index contributed by atoms with van der Waals surface area (Å²) >= 11 is 6.03. The summed E-state index contributed by atoms with van der Waals surface area (Å²) in [6.07, 6.45) is 1.72. The average molecular weight is 254 g/mol. The lowest BCUT2D eigenvalue weighted by Crippen LogP contribution is -2.10. The zero-order chi connectivity index (χ0) is 12.4. The molecule has 0 aliphatic rings. The smallest absolute Gasteiger partial charge is 0.123 e. The Morgan fingerprint density at radius 1 is 1.47 bits per heavy atom. The minimum Gasteiger partial charge on any atom is -0.327 e. The lowest BCUT2D eigenvalue weighted by Gasteiger charge is -2.10. The number of hydrogen-bond acceptors (Lipinski definition) is 2. The van der Waals surface area contributed by atoms with E-state index in [-0.39, 0.29) is 5.82 Å². The Balaban J connectivity index is 2.37. The minimum absolute atomic E-state index is 0.295. The monoisotopic (exact) mass is 253 g/mol. The minimum atomic E-state index is -0.295. The van der Waals surface area contributed by atoms with E-state index in [1.165, 1.54) is 12.1 Å². The number of rotatable bonds is 3. The molecule has 90 valence electrons. The molecule has 0 fully saturated rings. The van der Waals surface area contributed by atoms with E-state index in [1.807, 2.05) is 11.5 Å². The van der Waals surface area contributed by atoms with Gasteiger partial charge in [0.1, 0.15) is 11.6 Å². The third kappa shape index (κ3) is 2.48. The molecule has 0 spiro atoms. The summed E-state index contributed by atoms with van der Waals surface area (Å²) in [5.74, 6) is 0.544. The lowest BCUT2D eigenvalue weighted by molar-refractivity contribution is 0.621. The first-order chi connectivity index (χ1) is 8.11. The van der Waals surface area contributed by atoms with Crippen LogP contribution in [0, 0.1) is 12.7 Å². The number of aryl methyl sites for hydroxylation is 1. The van der Waals surface area contributed by atoms with Crippen LogP contribution < -0.4 is 5.73 Å². The van der Waals surface area contributed by atoms with Crippen LogP contribution in [-0.4, -0.2) is 9.55 Å². The summed E-state index contributed by atoms with van der Waals surface area (Å²) in [4.78, 5) is 4.18. The van der Waals surface area contributed by atoms with Crippen molar-refractivity contribution in [2.45, 2.75) is 20.0 Å². The summed E-state index contributed by atoms with van der Waals surface area (Å²) in [5.41, 5.74) is 7.25.